The molecule has 1 aromatic heterocycles. The molecule has 0 bridgehead atoms. The van der Waals surface area contributed by atoms with E-state index in [4.69, 9.17) is 0 Å². The number of H-pyrrole nitrogens is 1. The lowest BCUT2D eigenvalue weighted by Crippen LogP contribution is -2.45. The van der Waals surface area contributed by atoms with Crippen molar-refractivity contribution in [1.82, 2.24) is 19.4 Å². The Morgan fingerprint density at radius 1 is 1.09 bits per heavy atom. The van der Waals surface area contributed by atoms with Crippen molar-refractivity contribution in [1.29, 1.82) is 0 Å². The number of alkyl halides is 3. The zero-order chi connectivity index (χ0) is 24.9. The number of benzene rings is 1. The van der Waals surface area contributed by atoms with Gasteiger partial charge in [0.1, 0.15) is 0 Å². The second-order valence-electron chi connectivity index (χ2n) is 9.88. The first-order chi connectivity index (χ1) is 15.8. The summed E-state index contributed by atoms with van der Waals surface area (Å²) in [6.07, 6.45) is -3.17. The predicted octanol–water partition coefficient (Wildman–Crippen LogP) is 3.93. The van der Waals surface area contributed by atoms with E-state index in [0.717, 1.165) is 11.6 Å². The molecule has 1 saturated heterocycles. The van der Waals surface area contributed by atoms with Crippen LogP contribution in [-0.4, -0.2) is 58.1 Å². The molecule has 0 aliphatic carbocycles. The van der Waals surface area contributed by atoms with Gasteiger partial charge in [0.05, 0.1) is 22.5 Å². The Morgan fingerprint density at radius 2 is 1.74 bits per heavy atom. The zero-order valence-electron chi connectivity index (χ0n) is 19.4. The molecule has 3 heterocycles. The number of hydrogen-bond donors (Lipinski definition) is 1. The summed E-state index contributed by atoms with van der Waals surface area (Å²) >= 11 is 0. The summed E-state index contributed by atoms with van der Waals surface area (Å²) in [4.78, 5) is 14.8. The predicted molar refractivity (Wildman–Crippen MR) is 121 cm³/mol. The quantitative estimate of drug-likeness (QED) is 0.695. The number of sulfonamides is 1. The summed E-state index contributed by atoms with van der Waals surface area (Å²) < 4.78 is 66.3. The van der Waals surface area contributed by atoms with Gasteiger partial charge in [0.15, 0.2) is 5.69 Å². The van der Waals surface area contributed by atoms with Crippen molar-refractivity contribution in [3.8, 4) is 0 Å². The topological polar surface area (TPSA) is 86.4 Å². The van der Waals surface area contributed by atoms with Crippen molar-refractivity contribution < 1.29 is 26.4 Å². The molecule has 1 fully saturated rings. The Balaban J connectivity index is 1.45. The Bertz CT molecular complexity index is 1180. The molecule has 2 aliphatic heterocycles. The van der Waals surface area contributed by atoms with Gasteiger partial charge in [-0.05, 0) is 57.6 Å². The first-order valence-electron chi connectivity index (χ1n) is 11.3. The lowest BCUT2D eigenvalue weighted by atomic mass is 9.86. The number of amides is 1. The third kappa shape index (κ3) is 4.47. The van der Waals surface area contributed by atoms with Gasteiger partial charge in [-0.1, -0.05) is 18.2 Å². The maximum absolute atomic E-state index is 13.4. The van der Waals surface area contributed by atoms with Crippen LogP contribution in [0.3, 0.4) is 0 Å². The van der Waals surface area contributed by atoms with E-state index in [1.165, 1.54) is 16.4 Å². The largest absolute Gasteiger partial charge is 0.416 e. The lowest BCUT2D eigenvalue weighted by molar-refractivity contribution is -0.138. The van der Waals surface area contributed by atoms with E-state index in [0.29, 0.717) is 38.0 Å². The van der Waals surface area contributed by atoms with Gasteiger partial charge >= 0.3 is 6.18 Å². The molecule has 0 saturated carbocycles. The molecule has 0 atom stereocenters. The number of nitrogens with one attached hydrogen (secondary N) is 1. The molecule has 2 aromatic rings. The third-order valence-electron chi connectivity index (χ3n) is 6.70. The van der Waals surface area contributed by atoms with Crippen LogP contribution in [0, 0.1) is 0 Å². The molecular weight excluding hydrogens is 469 g/mol. The Kier molecular flexibility index (Phi) is 6.30. The van der Waals surface area contributed by atoms with E-state index in [9.17, 15) is 26.4 Å². The van der Waals surface area contributed by atoms with E-state index in [1.807, 2.05) is 0 Å². The highest BCUT2D eigenvalue weighted by Gasteiger charge is 2.40. The van der Waals surface area contributed by atoms with Crippen LogP contribution in [0.1, 0.15) is 72.4 Å². The van der Waals surface area contributed by atoms with Crippen LogP contribution in [0.4, 0.5) is 13.2 Å². The standard InChI is InChI=1S/C23H29F3N4O3S/c1-22(2,3)34(32,33)30-13-10-17-19(14-30)27-28-20(17)21(31)29-11-8-15(9-12-29)16-6-4-5-7-18(16)23(24,25)26/h4-7,15H,8-14H2,1-3H3,(H,27,28). The summed E-state index contributed by atoms with van der Waals surface area (Å²) in [5.41, 5.74) is 1.26. The van der Waals surface area contributed by atoms with Gasteiger partial charge in [0.2, 0.25) is 10.0 Å². The van der Waals surface area contributed by atoms with Crippen LogP contribution in [0.25, 0.3) is 0 Å². The van der Waals surface area contributed by atoms with E-state index in [1.54, 1.807) is 31.7 Å². The average molecular weight is 499 g/mol. The number of hydrogen-bond acceptors (Lipinski definition) is 4. The van der Waals surface area contributed by atoms with Gasteiger partial charge < -0.3 is 4.90 Å². The number of rotatable bonds is 3. The number of piperidine rings is 1. The van der Waals surface area contributed by atoms with Gasteiger partial charge in [-0.2, -0.15) is 22.6 Å². The molecule has 34 heavy (non-hydrogen) atoms. The van der Waals surface area contributed by atoms with Crippen LogP contribution >= 0.6 is 0 Å². The van der Waals surface area contributed by atoms with Gasteiger partial charge in [-0.3, -0.25) is 9.89 Å². The molecule has 11 heteroatoms. The van der Waals surface area contributed by atoms with E-state index in [-0.39, 0.29) is 36.2 Å². The summed E-state index contributed by atoms with van der Waals surface area (Å²) in [5, 5.41) is 7.02. The number of aromatic nitrogens is 2. The monoisotopic (exact) mass is 498 g/mol. The molecule has 1 amide bonds. The molecule has 2 aliphatic rings. The van der Waals surface area contributed by atoms with Crippen LogP contribution in [0.15, 0.2) is 24.3 Å². The minimum absolute atomic E-state index is 0.130. The first-order valence-corrected chi connectivity index (χ1v) is 12.8. The first kappa shape index (κ1) is 24.7. The highest BCUT2D eigenvalue weighted by atomic mass is 32.2. The van der Waals surface area contributed by atoms with Crippen LogP contribution in [0.2, 0.25) is 0 Å². The number of nitrogens with zero attached hydrogens (tertiary/aromatic N) is 3. The van der Waals surface area contributed by atoms with E-state index >= 15 is 0 Å². The number of likely N-dealkylation sites (tertiary alicyclic amines) is 1. The molecule has 7 nitrogen and oxygen atoms in total. The highest BCUT2D eigenvalue weighted by molar-refractivity contribution is 7.90. The molecule has 1 aromatic carbocycles. The summed E-state index contributed by atoms with van der Waals surface area (Å²) in [6.45, 7) is 6.02. The van der Waals surface area contributed by atoms with Crippen LogP contribution < -0.4 is 0 Å². The third-order valence-corrected chi connectivity index (χ3v) is 9.24. The maximum atomic E-state index is 13.4. The molecule has 1 N–H and O–H groups in total. The van der Waals surface area contributed by atoms with Crippen molar-refractivity contribution in [3.05, 3.63) is 52.3 Å². The molecule has 0 spiro atoms. The second kappa shape index (κ2) is 8.67. The number of carbonyl (C=O) groups excluding carboxylic acids is 1. The zero-order valence-corrected chi connectivity index (χ0v) is 20.3. The Labute approximate surface area is 197 Å². The average Bonchev–Trinajstić information content (AvgIpc) is 3.21. The summed E-state index contributed by atoms with van der Waals surface area (Å²) in [5.74, 6) is -0.543. The fourth-order valence-electron chi connectivity index (χ4n) is 4.72. The molecule has 0 unspecified atom stereocenters. The Hall–Kier alpha value is -2.40. The minimum Gasteiger partial charge on any atom is -0.337 e. The van der Waals surface area contributed by atoms with Crippen molar-refractivity contribution in [2.24, 2.45) is 0 Å². The Morgan fingerprint density at radius 3 is 2.35 bits per heavy atom. The van der Waals surface area contributed by atoms with Crippen molar-refractivity contribution in [2.75, 3.05) is 19.6 Å². The minimum atomic E-state index is -4.41. The van der Waals surface area contributed by atoms with Gasteiger partial charge in [0, 0.05) is 25.2 Å². The molecule has 0 radical (unpaired) electrons. The fraction of sp³-hybridized carbons (Fsp3) is 0.565. The fourth-order valence-corrected chi connectivity index (χ4v) is 6.12. The van der Waals surface area contributed by atoms with Crippen molar-refractivity contribution in [2.45, 2.75) is 63.4 Å². The molecule has 4 rings (SSSR count). The SMILES string of the molecule is CC(C)(C)S(=O)(=O)N1CCc2c(C(=O)N3CCC(c4ccccc4C(F)(F)F)CC3)n[nH]c2C1. The summed E-state index contributed by atoms with van der Waals surface area (Å²) in [6, 6.07) is 5.62. The maximum Gasteiger partial charge on any atom is 0.416 e. The number of halogens is 3. The van der Waals surface area contributed by atoms with E-state index in [2.05, 4.69) is 10.2 Å². The van der Waals surface area contributed by atoms with Crippen molar-refractivity contribution in [3.63, 3.8) is 0 Å². The van der Waals surface area contributed by atoms with Gasteiger partial charge in [-0.15, -0.1) is 0 Å². The normalized spacial score (nSPS) is 18.7. The van der Waals surface area contributed by atoms with Crippen LogP contribution in [0.5, 0.6) is 0 Å². The van der Waals surface area contributed by atoms with E-state index < -0.39 is 26.5 Å². The second-order valence-corrected chi connectivity index (χ2v) is 12.6. The molecular formula is C23H29F3N4O3S. The lowest BCUT2D eigenvalue weighted by Gasteiger charge is -2.34. The molecule has 186 valence electrons. The van der Waals surface area contributed by atoms with Crippen molar-refractivity contribution >= 4 is 15.9 Å². The number of carbonyl (C=O) groups is 1. The van der Waals surface area contributed by atoms with Crippen LogP contribution in [-0.2, 0) is 29.2 Å². The van der Waals surface area contributed by atoms with Gasteiger partial charge in [-0.25, -0.2) is 8.42 Å². The number of aromatic amines is 1. The number of fused-ring (bicyclic) bond motifs is 1. The van der Waals surface area contributed by atoms with Gasteiger partial charge in [0.25, 0.3) is 5.91 Å². The summed E-state index contributed by atoms with van der Waals surface area (Å²) in [7, 11) is -3.51. The highest BCUT2D eigenvalue weighted by Crippen LogP contribution is 2.39. The smallest absolute Gasteiger partial charge is 0.337 e.